The second-order valence-corrected chi connectivity index (χ2v) is 10.7. The van der Waals surface area contributed by atoms with E-state index >= 15 is 0 Å². The lowest BCUT2D eigenvalue weighted by atomic mass is 9.91. The number of unbranched alkanes of at least 4 members (excludes halogenated alkanes) is 1. The van der Waals surface area contributed by atoms with Gasteiger partial charge in [-0.25, -0.2) is 9.59 Å². The third kappa shape index (κ3) is 7.00. The molecule has 10 heteroatoms. The van der Waals surface area contributed by atoms with Crippen LogP contribution < -0.4 is 5.32 Å². The molecule has 2 heterocycles. The predicted octanol–water partition coefficient (Wildman–Crippen LogP) is 3.48. The van der Waals surface area contributed by atoms with E-state index in [2.05, 4.69) is 5.32 Å². The minimum absolute atomic E-state index is 0.200. The first-order valence-electron chi connectivity index (χ1n) is 13.1. The predicted molar refractivity (Wildman–Crippen MR) is 138 cm³/mol. The summed E-state index contributed by atoms with van der Waals surface area (Å²) in [4.78, 5) is 57.0. The van der Waals surface area contributed by atoms with Crippen molar-refractivity contribution in [1.82, 2.24) is 20.0 Å². The monoisotopic (exact) mass is 516 g/mol. The van der Waals surface area contributed by atoms with Crippen LogP contribution in [0, 0.1) is 5.41 Å². The van der Waals surface area contributed by atoms with Crippen LogP contribution in [0.4, 0.5) is 9.59 Å². The van der Waals surface area contributed by atoms with Crippen LogP contribution in [0.25, 0.3) is 0 Å². The van der Waals surface area contributed by atoms with Crippen molar-refractivity contribution >= 4 is 23.8 Å². The Kier molecular flexibility index (Phi) is 9.53. The van der Waals surface area contributed by atoms with Gasteiger partial charge in [0.15, 0.2) is 0 Å². The van der Waals surface area contributed by atoms with Crippen LogP contribution in [0.15, 0.2) is 30.3 Å². The number of nitrogens with one attached hydrogen (secondary N) is 1. The topological polar surface area (TPSA) is 119 Å². The first-order chi connectivity index (χ1) is 17.6. The number of carbonyl (C=O) groups excluding carboxylic acids is 3. The number of rotatable bonds is 9. The van der Waals surface area contributed by atoms with E-state index in [1.54, 1.807) is 16.7 Å². The molecule has 4 amide bonds. The smallest absolute Gasteiger partial charge is 0.409 e. The van der Waals surface area contributed by atoms with Gasteiger partial charge in [0, 0.05) is 19.6 Å². The van der Waals surface area contributed by atoms with E-state index < -0.39 is 36.0 Å². The van der Waals surface area contributed by atoms with Crippen molar-refractivity contribution in [3.8, 4) is 0 Å². The molecular formula is C27H40N4O6. The number of benzene rings is 1. The molecule has 0 aliphatic carbocycles. The Hall–Kier alpha value is -3.14. The molecule has 2 N–H and O–H groups in total. The van der Waals surface area contributed by atoms with Gasteiger partial charge in [-0.1, -0.05) is 63.9 Å². The lowest BCUT2D eigenvalue weighted by Crippen LogP contribution is -2.60. The highest BCUT2D eigenvalue weighted by molar-refractivity contribution is 6.38. The van der Waals surface area contributed by atoms with Crippen LogP contribution in [-0.2, 0) is 14.3 Å². The highest BCUT2D eigenvalue weighted by Crippen LogP contribution is 2.37. The fraction of sp³-hybridized carbons (Fsp3) is 0.630. The fourth-order valence-corrected chi connectivity index (χ4v) is 5.12. The van der Waals surface area contributed by atoms with E-state index in [9.17, 15) is 24.3 Å². The van der Waals surface area contributed by atoms with E-state index in [0.717, 1.165) is 16.9 Å². The second kappa shape index (κ2) is 12.4. The molecule has 1 aromatic carbocycles. The van der Waals surface area contributed by atoms with Crippen LogP contribution in [0.1, 0.15) is 65.0 Å². The Balaban J connectivity index is 1.87. The zero-order chi connectivity index (χ0) is 27.2. The summed E-state index contributed by atoms with van der Waals surface area (Å²) in [6, 6.07) is 7.37. The maximum absolute atomic E-state index is 13.5. The maximum Gasteiger partial charge on any atom is 0.409 e. The normalized spacial score (nSPS) is 20.7. The second-order valence-electron chi connectivity index (χ2n) is 10.7. The number of hydrogen-bond acceptors (Lipinski definition) is 5. The summed E-state index contributed by atoms with van der Waals surface area (Å²) in [5.41, 5.74) is 0.478. The molecule has 204 valence electrons. The van der Waals surface area contributed by atoms with Crippen molar-refractivity contribution in [3.63, 3.8) is 0 Å². The van der Waals surface area contributed by atoms with E-state index in [1.807, 2.05) is 51.1 Å². The molecule has 2 aliphatic heterocycles. The molecule has 3 atom stereocenters. The van der Waals surface area contributed by atoms with Crippen LogP contribution in [-0.4, -0.2) is 88.7 Å². The number of ketones is 1. The van der Waals surface area contributed by atoms with Gasteiger partial charge < -0.3 is 25.0 Å². The fourth-order valence-electron chi connectivity index (χ4n) is 5.12. The number of urea groups is 1. The van der Waals surface area contributed by atoms with Gasteiger partial charge in [0.2, 0.25) is 5.78 Å². The van der Waals surface area contributed by atoms with Crippen molar-refractivity contribution in [3.05, 3.63) is 35.9 Å². The van der Waals surface area contributed by atoms with Gasteiger partial charge in [-0.05, 0) is 30.7 Å². The van der Waals surface area contributed by atoms with Gasteiger partial charge in [0.05, 0.1) is 19.3 Å². The molecule has 2 unspecified atom stereocenters. The van der Waals surface area contributed by atoms with Gasteiger partial charge in [-0.15, -0.1) is 0 Å². The van der Waals surface area contributed by atoms with Crippen LogP contribution in [0.2, 0.25) is 0 Å². The third-order valence-electron chi connectivity index (χ3n) is 7.10. The van der Waals surface area contributed by atoms with Crippen LogP contribution in [0.5, 0.6) is 0 Å². The molecule has 2 aliphatic rings. The standard InChI is InChI=1S/C27H40N4O6/c1-5-6-12-21(23(32)24(33)28-19(2)20-10-8-7-9-11-20)31(26(35)36)22-17-27(3,4)18-30(22)25(34)29-13-15-37-16-14-29/h7-11,19,21-22H,5-6,12-18H2,1-4H3,(H,28,33)(H,35,36)/t19-,21?,22?/m1/s1. The molecule has 0 bridgehead atoms. The molecular weight excluding hydrogens is 476 g/mol. The number of carboxylic acid groups (broad SMARTS) is 1. The van der Waals surface area contributed by atoms with E-state index in [1.165, 1.54) is 0 Å². The highest BCUT2D eigenvalue weighted by Gasteiger charge is 2.49. The molecule has 1 aromatic rings. The SMILES string of the molecule is CCCCC(C(=O)C(=O)N[C@H](C)c1ccccc1)N(C(=O)O)C1CC(C)(C)CN1C(=O)N1CCOCC1. The number of Topliss-reactive ketones (excluding diaryl/α,β-unsaturated/α-hetero) is 1. The zero-order valence-electron chi connectivity index (χ0n) is 22.3. The summed E-state index contributed by atoms with van der Waals surface area (Å²) in [5.74, 6) is -1.63. The summed E-state index contributed by atoms with van der Waals surface area (Å²) >= 11 is 0. The van der Waals surface area contributed by atoms with Gasteiger partial charge in [-0.3, -0.25) is 14.5 Å². The number of carbonyl (C=O) groups is 4. The number of nitrogens with zero attached hydrogens (tertiary/aromatic N) is 3. The van der Waals surface area contributed by atoms with E-state index in [-0.39, 0.29) is 17.9 Å². The first kappa shape index (κ1) is 28.4. The first-order valence-corrected chi connectivity index (χ1v) is 13.1. The summed E-state index contributed by atoms with van der Waals surface area (Å²) in [6.45, 7) is 9.72. The third-order valence-corrected chi connectivity index (χ3v) is 7.10. The Labute approximate surface area is 218 Å². The summed E-state index contributed by atoms with van der Waals surface area (Å²) < 4.78 is 5.36. The Morgan fingerprint density at radius 1 is 1.16 bits per heavy atom. The number of hydrogen-bond donors (Lipinski definition) is 2. The number of morpholine rings is 1. The van der Waals surface area contributed by atoms with Crippen molar-refractivity contribution < 1.29 is 29.0 Å². The number of likely N-dealkylation sites (tertiary alicyclic amines) is 1. The Morgan fingerprint density at radius 3 is 2.41 bits per heavy atom. The van der Waals surface area contributed by atoms with Crippen molar-refractivity contribution in [2.75, 3.05) is 32.8 Å². The van der Waals surface area contributed by atoms with Crippen molar-refractivity contribution in [2.24, 2.45) is 5.41 Å². The molecule has 2 saturated heterocycles. The van der Waals surface area contributed by atoms with Gasteiger partial charge in [0.25, 0.3) is 5.91 Å². The molecule has 0 aromatic heterocycles. The molecule has 0 saturated carbocycles. The molecule has 3 rings (SSSR count). The Morgan fingerprint density at radius 2 is 1.81 bits per heavy atom. The number of amides is 4. The van der Waals surface area contributed by atoms with Gasteiger partial charge >= 0.3 is 12.1 Å². The summed E-state index contributed by atoms with van der Waals surface area (Å²) in [5, 5.41) is 13.1. The molecule has 10 nitrogen and oxygen atoms in total. The lowest BCUT2D eigenvalue weighted by Gasteiger charge is -2.40. The maximum atomic E-state index is 13.5. The summed E-state index contributed by atoms with van der Waals surface area (Å²) in [6.07, 6.45) is -0.312. The minimum Gasteiger partial charge on any atom is -0.465 e. The van der Waals surface area contributed by atoms with Crippen LogP contribution in [0.3, 0.4) is 0 Å². The van der Waals surface area contributed by atoms with Crippen molar-refractivity contribution in [1.29, 1.82) is 0 Å². The molecule has 0 radical (unpaired) electrons. The Bertz CT molecular complexity index is 963. The molecule has 2 fully saturated rings. The van der Waals surface area contributed by atoms with Gasteiger partial charge in [-0.2, -0.15) is 0 Å². The van der Waals surface area contributed by atoms with E-state index in [0.29, 0.717) is 45.7 Å². The van der Waals surface area contributed by atoms with Gasteiger partial charge in [0.1, 0.15) is 12.2 Å². The minimum atomic E-state index is -1.32. The lowest BCUT2D eigenvalue weighted by molar-refractivity contribution is -0.142. The highest BCUT2D eigenvalue weighted by atomic mass is 16.5. The average molecular weight is 517 g/mol. The number of ether oxygens (including phenoxy) is 1. The molecule has 0 spiro atoms. The molecule has 37 heavy (non-hydrogen) atoms. The zero-order valence-corrected chi connectivity index (χ0v) is 22.3. The van der Waals surface area contributed by atoms with E-state index in [4.69, 9.17) is 4.74 Å². The average Bonchev–Trinajstić information content (AvgIpc) is 3.20. The van der Waals surface area contributed by atoms with Crippen molar-refractivity contribution in [2.45, 2.75) is 71.6 Å². The van der Waals surface area contributed by atoms with Crippen LogP contribution >= 0.6 is 0 Å². The largest absolute Gasteiger partial charge is 0.465 e. The quantitative estimate of drug-likeness (QED) is 0.485. The summed E-state index contributed by atoms with van der Waals surface area (Å²) in [7, 11) is 0.